The maximum Gasteiger partial charge on any atom is 0 e. The summed E-state index contributed by atoms with van der Waals surface area (Å²) in [5.41, 5.74) is 0. The molecule has 0 radical (unpaired) electrons. The second-order valence-corrected chi connectivity index (χ2v) is 0. The Morgan fingerprint density at radius 3 is 1.50 bits per heavy atom. The molecule has 0 heterocycles. The summed E-state index contributed by atoms with van der Waals surface area (Å²) in [5, 5.41) is 0. The summed E-state index contributed by atoms with van der Waals surface area (Å²) < 4.78 is 8.38. The Labute approximate surface area is 59.8 Å². The van der Waals surface area contributed by atoms with Crippen LogP contribution in [0.25, 0.3) is 0 Å². The molecule has 0 aliphatic rings. The second kappa shape index (κ2) is 23.7. The summed E-state index contributed by atoms with van der Waals surface area (Å²) >= 11 is 0.125. The standard InChI is InChI=1S/GeH2O.Li.Zn.H/c1-2;;;/h1H2;;;/q;+1;;-1. The molecular formula is H3GeLiOZn. The SMILES string of the molecule is [H-].[Li+].[O]=[GeH2].[Zn]. The molecule has 0 saturated heterocycles. The molecule has 0 amide bonds. The number of hydrogen-bond acceptors (Lipinski definition) is 1. The molecule has 0 bridgehead atoms. The van der Waals surface area contributed by atoms with Gasteiger partial charge in [0, 0.05) is 19.5 Å². The molecule has 1 nitrogen and oxygen atoms in total. The summed E-state index contributed by atoms with van der Waals surface area (Å²) in [7, 11) is 0. The quantitative estimate of drug-likeness (QED) is 0.334. The zero-order valence-corrected chi connectivity index (χ0v) is 8.76. The average Bonchev–Trinajstić information content (AvgIpc) is 1.00. The smallest absolute Gasteiger partial charge is 0 e. The molecule has 0 rings (SSSR count). The zero-order chi connectivity index (χ0) is 2.00. The van der Waals surface area contributed by atoms with E-state index in [9.17, 15) is 0 Å². The van der Waals surface area contributed by atoms with E-state index in [1.807, 2.05) is 0 Å². The van der Waals surface area contributed by atoms with Crippen LogP contribution in [0.5, 0.6) is 0 Å². The molecule has 0 spiro atoms. The van der Waals surface area contributed by atoms with Gasteiger partial charge in [-0.3, -0.25) is 0 Å². The molecule has 4 heteroatoms. The maximum absolute atomic E-state index is 8.38. The van der Waals surface area contributed by atoms with Crippen LogP contribution >= 0.6 is 0 Å². The Hall–Kier alpha value is 1.56. The first kappa shape index (κ1) is 17.6. The molecule has 0 aromatic carbocycles. The maximum atomic E-state index is 8.38. The van der Waals surface area contributed by atoms with E-state index in [0.29, 0.717) is 0 Å². The van der Waals surface area contributed by atoms with Crippen molar-refractivity contribution in [1.29, 1.82) is 0 Å². The van der Waals surface area contributed by atoms with Gasteiger partial charge < -0.3 is 1.43 Å². The Morgan fingerprint density at radius 1 is 1.50 bits per heavy atom. The first-order valence-electron chi connectivity index (χ1n) is 0.289. The Kier molecular flexibility index (Phi) is 104. The molecule has 0 saturated carbocycles. The van der Waals surface area contributed by atoms with Gasteiger partial charge in [0.25, 0.3) is 0 Å². The van der Waals surface area contributed by atoms with Crippen LogP contribution in [0.1, 0.15) is 1.43 Å². The Balaban J connectivity index is -0.00000000167. The van der Waals surface area contributed by atoms with E-state index < -0.39 is 0 Å². The normalized spacial score (nSPS) is 1.00. The minimum Gasteiger partial charge on any atom is 0 e. The van der Waals surface area contributed by atoms with E-state index in [-0.39, 0.29) is 56.2 Å². The number of rotatable bonds is 0. The molecule has 0 N–H and O–H groups in total. The molecular weight excluding hydrogens is 161 g/mol. The Bertz CT molecular complexity index is 11.6. The van der Waals surface area contributed by atoms with Crippen molar-refractivity contribution >= 4 is 16.5 Å². The average molecular weight is 164 g/mol. The summed E-state index contributed by atoms with van der Waals surface area (Å²) in [6.07, 6.45) is 0. The van der Waals surface area contributed by atoms with Gasteiger partial charge in [-0.15, -0.1) is 0 Å². The second-order valence-electron chi connectivity index (χ2n) is 0. The van der Waals surface area contributed by atoms with Crippen LogP contribution in [-0.2, 0) is 23.3 Å². The predicted octanol–water partition coefficient (Wildman–Crippen LogP) is -3.92. The van der Waals surface area contributed by atoms with Crippen LogP contribution in [0.15, 0.2) is 0 Å². The van der Waals surface area contributed by atoms with Crippen molar-refractivity contribution in [1.82, 2.24) is 0 Å². The van der Waals surface area contributed by atoms with Gasteiger partial charge in [0.15, 0.2) is 0 Å². The van der Waals surface area contributed by atoms with Crippen molar-refractivity contribution in [3.8, 4) is 0 Å². The first-order chi connectivity index (χ1) is 1.00. The van der Waals surface area contributed by atoms with Gasteiger partial charge in [-0.05, 0) is 0 Å². The van der Waals surface area contributed by atoms with Crippen LogP contribution in [-0.4, -0.2) is 16.5 Å². The van der Waals surface area contributed by atoms with E-state index >= 15 is 0 Å². The summed E-state index contributed by atoms with van der Waals surface area (Å²) in [5.74, 6) is 0. The van der Waals surface area contributed by atoms with Crippen LogP contribution < -0.4 is 18.9 Å². The molecule has 0 aliphatic carbocycles. The van der Waals surface area contributed by atoms with E-state index in [2.05, 4.69) is 0 Å². The van der Waals surface area contributed by atoms with Gasteiger partial charge in [-0.1, -0.05) is 0 Å². The van der Waals surface area contributed by atoms with Gasteiger partial charge in [0.05, 0.1) is 0 Å². The molecule has 4 heavy (non-hydrogen) atoms. The molecule has 16 valence electrons. The molecule has 0 aromatic rings. The van der Waals surface area contributed by atoms with Gasteiger partial charge in [-0.25, -0.2) is 0 Å². The van der Waals surface area contributed by atoms with Crippen LogP contribution in [0.3, 0.4) is 0 Å². The van der Waals surface area contributed by atoms with Crippen LogP contribution in [0.2, 0.25) is 0 Å². The monoisotopic (exact) mass is 164 g/mol. The largest absolute Gasteiger partial charge is 0 e. The molecule has 0 fully saturated rings. The predicted molar refractivity (Wildman–Crippen MR) is 10.3 cm³/mol. The molecule has 0 aliphatic heterocycles. The van der Waals surface area contributed by atoms with Crippen molar-refractivity contribution in [3.05, 3.63) is 0 Å². The minimum atomic E-state index is 0. The van der Waals surface area contributed by atoms with Crippen molar-refractivity contribution in [3.63, 3.8) is 0 Å². The van der Waals surface area contributed by atoms with Crippen molar-refractivity contribution in [2.24, 2.45) is 0 Å². The van der Waals surface area contributed by atoms with Gasteiger partial charge in [0.1, 0.15) is 0 Å². The van der Waals surface area contributed by atoms with Crippen molar-refractivity contribution in [2.45, 2.75) is 0 Å². The summed E-state index contributed by atoms with van der Waals surface area (Å²) in [6.45, 7) is 0. The van der Waals surface area contributed by atoms with E-state index in [1.54, 1.807) is 0 Å². The third-order valence-electron chi connectivity index (χ3n) is 0. The van der Waals surface area contributed by atoms with E-state index in [1.165, 1.54) is 0 Å². The van der Waals surface area contributed by atoms with Gasteiger partial charge in [-0.2, -0.15) is 0 Å². The fourth-order valence-electron chi connectivity index (χ4n) is 0. The van der Waals surface area contributed by atoms with E-state index in [4.69, 9.17) is 3.78 Å². The van der Waals surface area contributed by atoms with Crippen molar-refractivity contribution < 1.29 is 43.5 Å². The topological polar surface area (TPSA) is 17.1 Å². The summed E-state index contributed by atoms with van der Waals surface area (Å²) in [6, 6.07) is 0. The third-order valence-corrected chi connectivity index (χ3v) is 0. The van der Waals surface area contributed by atoms with Crippen LogP contribution in [0.4, 0.5) is 0 Å². The van der Waals surface area contributed by atoms with E-state index in [0.717, 1.165) is 0 Å². The fraction of sp³-hybridized carbons (Fsp3) is 0. The van der Waals surface area contributed by atoms with Gasteiger partial charge in [0.2, 0.25) is 0 Å². The molecule has 0 unspecified atom stereocenters. The Morgan fingerprint density at radius 2 is 1.50 bits per heavy atom. The fourth-order valence-corrected chi connectivity index (χ4v) is 0. The van der Waals surface area contributed by atoms with Gasteiger partial charge >= 0.3 is 39.1 Å². The number of hydrogen-bond donors (Lipinski definition) is 0. The zero-order valence-electron chi connectivity index (χ0n) is 3.82. The third kappa shape index (κ3) is 9.58. The summed E-state index contributed by atoms with van der Waals surface area (Å²) in [4.78, 5) is 0. The molecule has 0 atom stereocenters. The molecule has 0 aromatic heterocycles. The first-order valence-corrected chi connectivity index (χ1v) is 1.50. The van der Waals surface area contributed by atoms with Crippen molar-refractivity contribution in [2.75, 3.05) is 0 Å². The van der Waals surface area contributed by atoms with Crippen LogP contribution in [0, 0.1) is 0 Å². The minimum absolute atomic E-state index is 0.